The summed E-state index contributed by atoms with van der Waals surface area (Å²) in [5, 5.41) is 8.86. The van der Waals surface area contributed by atoms with Gasteiger partial charge in [-0.15, -0.1) is 11.7 Å². The molecule has 0 saturated carbocycles. The molecule has 0 N–H and O–H groups in total. The SMILES string of the molecule is C=CCN1C(=O)[C@@H](Cc2ccccc2)SC1=NN=Cc1ccccc1. The summed E-state index contributed by atoms with van der Waals surface area (Å²) in [6, 6.07) is 19.8. The predicted molar refractivity (Wildman–Crippen MR) is 105 cm³/mol. The molecule has 0 spiro atoms. The summed E-state index contributed by atoms with van der Waals surface area (Å²) in [6.07, 6.45) is 4.08. The summed E-state index contributed by atoms with van der Waals surface area (Å²) in [5.74, 6) is 0.0578. The maximum Gasteiger partial charge on any atom is 0.242 e. The molecule has 1 aliphatic rings. The van der Waals surface area contributed by atoms with Gasteiger partial charge in [-0.05, 0) is 17.5 Å². The summed E-state index contributed by atoms with van der Waals surface area (Å²) < 4.78 is 0. The minimum Gasteiger partial charge on any atom is -0.285 e. The molecular formula is C20H19N3OS. The number of carbonyl (C=O) groups is 1. The fraction of sp³-hybridized carbons (Fsp3) is 0.150. The monoisotopic (exact) mass is 349 g/mol. The molecule has 1 fully saturated rings. The van der Waals surface area contributed by atoms with Gasteiger partial charge in [0, 0.05) is 6.54 Å². The highest BCUT2D eigenvalue weighted by molar-refractivity contribution is 8.15. The van der Waals surface area contributed by atoms with Crippen molar-refractivity contribution < 1.29 is 4.79 Å². The van der Waals surface area contributed by atoms with Crippen molar-refractivity contribution in [2.75, 3.05) is 6.54 Å². The Morgan fingerprint density at radius 2 is 1.76 bits per heavy atom. The molecule has 0 unspecified atom stereocenters. The fourth-order valence-corrected chi connectivity index (χ4v) is 3.67. The third kappa shape index (κ3) is 4.45. The van der Waals surface area contributed by atoms with E-state index in [9.17, 15) is 4.79 Å². The van der Waals surface area contributed by atoms with Gasteiger partial charge in [0.2, 0.25) is 5.91 Å². The third-order valence-corrected chi connectivity index (χ3v) is 4.91. The molecule has 0 radical (unpaired) electrons. The van der Waals surface area contributed by atoms with Crippen LogP contribution in [0.2, 0.25) is 0 Å². The normalized spacial score (nSPS) is 19.0. The third-order valence-electron chi connectivity index (χ3n) is 3.75. The van der Waals surface area contributed by atoms with Gasteiger partial charge in [-0.2, -0.15) is 5.10 Å². The first-order valence-electron chi connectivity index (χ1n) is 8.07. The predicted octanol–water partition coefficient (Wildman–Crippen LogP) is 3.75. The van der Waals surface area contributed by atoms with Crippen LogP contribution in [0.5, 0.6) is 0 Å². The van der Waals surface area contributed by atoms with Crippen molar-refractivity contribution in [3.8, 4) is 0 Å². The van der Waals surface area contributed by atoms with Crippen molar-refractivity contribution in [2.24, 2.45) is 10.2 Å². The largest absolute Gasteiger partial charge is 0.285 e. The first-order valence-corrected chi connectivity index (χ1v) is 8.95. The number of hydrogen-bond donors (Lipinski definition) is 0. The van der Waals surface area contributed by atoms with Crippen molar-refractivity contribution in [3.63, 3.8) is 0 Å². The zero-order valence-corrected chi connectivity index (χ0v) is 14.6. The van der Waals surface area contributed by atoms with E-state index in [-0.39, 0.29) is 11.2 Å². The van der Waals surface area contributed by atoms with Crippen LogP contribution in [0.15, 0.2) is 83.5 Å². The van der Waals surface area contributed by atoms with Crippen LogP contribution in [-0.4, -0.2) is 34.0 Å². The molecule has 1 saturated heterocycles. The second-order valence-electron chi connectivity index (χ2n) is 5.57. The zero-order chi connectivity index (χ0) is 17.5. The molecule has 5 heteroatoms. The number of rotatable bonds is 6. The molecule has 126 valence electrons. The van der Waals surface area contributed by atoms with Gasteiger partial charge in [-0.25, -0.2) is 0 Å². The molecule has 2 aromatic carbocycles. The smallest absolute Gasteiger partial charge is 0.242 e. The lowest BCUT2D eigenvalue weighted by atomic mass is 10.1. The van der Waals surface area contributed by atoms with Crippen LogP contribution in [0.1, 0.15) is 11.1 Å². The summed E-state index contributed by atoms with van der Waals surface area (Å²) >= 11 is 1.46. The Morgan fingerprint density at radius 3 is 2.44 bits per heavy atom. The number of carbonyl (C=O) groups excluding carboxylic acids is 1. The Bertz CT molecular complexity index is 787. The van der Waals surface area contributed by atoms with E-state index in [0.717, 1.165) is 11.1 Å². The van der Waals surface area contributed by atoms with E-state index in [0.29, 0.717) is 18.1 Å². The van der Waals surface area contributed by atoms with E-state index in [1.54, 1.807) is 17.2 Å². The van der Waals surface area contributed by atoms with Crippen molar-refractivity contribution in [1.29, 1.82) is 0 Å². The molecule has 0 aliphatic carbocycles. The van der Waals surface area contributed by atoms with Gasteiger partial charge in [0.05, 0.1) is 11.5 Å². The standard InChI is InChI=1S/C20H19N3OS/c1-2-13-23-19(24)18(14-16-9-5-3-6-10-16)25-20(23)22-21-15-17-11-7-4-8-12-17/h2-12,15,18H,1,13-14H2/t18-/m1/s1. The minimum absolute atomic E-state index is 0.0578. The number of amides is 1. The second kappa shape index (κ2) is 8.44. The van der Waals surface area contributed by atoms with E-state index >= 15 is 0 Å². The van der Waals surface area contributed by atoms with Crippen LogP contribution in [0.4, 0.5) is 0 Å². The minimum atomic E-state index is -0.173. The highest BCUT2D eigenvalue weighted by atomic mass is 32.2. The lowest BCUT2D eigenvalue weighted by Crippen LogP contribution is -2.32. The molecule has 1 amide bonds. The van der Waals surface area contributed by atoms with Crippen LogP contribution in [0.25, 0.3) is 0 Å². The molecule has 3 rings (SSSR count). The maximum absolute atomic E-state index is 12.7. The van der Waals surface area contributed by atoms with Crippen molar-refractivity contribution in [3.05, 3.63) is 84.4 Å². The van der Waals surface area contributed by atoms with Crippen LogP contribution in [0.3, 0.4) is 0 Å². The van der Waals surface area contributed by atoms with Gasteiger partial charge in [-0.3, -0.25) is 9.69 Å². The Kier molecular flexibility index (Phi) is 5.80. The highest BCUT2D eigenvalue weighted by Crippen LogP contribution is 2.29. The summed E-state index contributed by atoms with van der Waals surface area (Å²) in [4.78, 5) is 14.3. The molecule has 0 bridgehead atoms. The second-order valence-corrected chi connectivity index (χ2v) is 6.74. The molecular weight excluding hydrogens is 330 g/mol. The average molecular weight is 349 g/mol. The first kappa shape index (κ1) is 17.2. The lowest BCUT2D eigenvalue weighted by Gasteiger charge is -2.12. The Labute approximate surface area is 152 Å². The van der Waals surface area contributed by atoms with Crippen LogP contribution < -0.4 is 0 Å². The molecule has 1 aliphatic heterocycles. The van der Waals surface area contributed by atoms with Crippen molar-refractivity contribution in [1.82, 2.24) is 4.90 Å². The van der Waals surface area contributed by atoms with E-state index < -0.39 is 0 Å². The van der Waals surface area contributed by atoms with E-state index in [2.05, 4.69) is 16.8 Å². The van der Waals surface area contributed by atoms with E-state index in [1.165, 1.54) is 11.8 Å². The van der Waals surface area contributed by atoms with Crippen molar-refractivity contribution >= 4 is 29.1 Å². The average Bonchev–Trinajstić information content (AvgIpc) is 2.93. The van der Waals surface area contributed by atoms with Gasteiger partial charge < -0.3 is 0 Å². The zero-order valence-electron chi connectivity index (χ0n) is 13.8. The van der Waals surface area contributed by atoms with E-state index in [1.807, 2.05) is 60.7 Å². The highest BCUT2D eigenvalue weighted by Gasteiger charge is 2.37. The van der Waals surface area contributed by atoms with Gasteiger partial charge >= 0.3 is 0 Å². The fourth-order valence-electron chi connectivity index (χ4n) is 2.53. The number of hydrogen-bond acceptors (Lipinski definition) is 4. The Hall–Kier alpha value is -2.66. The maximum atomic E-state index is 12.7. The molecule has 1 atom stereocenters. The number of thioether (sulfide) groups is 1. The quantitative estimate of drug-likeness (QED) is 0.453. The molecule has 25 heavy (non-hydrogen) atoms. The molecule has 2 aromatic rings. The number of benzene rings is 2. The van der Waals surface area contributed by atoms with Gasteiger partial charge in [0.25, 0.3) is 0 Å². The summed E-state index contributed by atoms with van der Waals surface area (Å²) in [7, 11) is 0. The number of amidine groups is 1. The van der Waals surface area contributed by atoms with E-state index in [4.69, 9.17) is 0 Å². The van der Waals surface area contributed by atoms with Gasteiger partial charge in [0.1, 0.15) is 0 Å². The molecule has 0 aromatic heterocycles. The van der Waals surface area contributed by atoms with Crippen LogP contribution in [0, 0.1) is 0 Å². The Morgan fingerprint density at radius 1 is 1.08 bits per heavy atom. The van der Waals surface area contributed by atoms with Crippen LogP contribution in [-0.2, 0) is 11.2 Å². The topological polar surface area (TPSA) is 45.0 Å². The van der Waals surface area contributed by atoms with Crippen LogP contribution >= 0.6 is 11.8 Å². The summed E-state index contributed by atoms with van der Waals surface area (Å²) in [5.41, 5.74) is 2.11. The van der Waals surface area contributed by atoms with Crippen molar-refractivity contribution in [2.45, 2.75) is 11.7 Å². The lowest BCUT2D eigenvalue weighted by molar-refractivity contribution is -0.125. The van der Waals surface area contributed by atoms with Gasteiger partial charge in [0.15, 0.2) is 5.17 Å². The first-order chi connectivity index (χ1) is 12.3. The molecule has 1 heterocycles. The Balaban J connectivity index is 1.75. The van der Waals surface area contributed by atoms with Gasteiger partial charge in [-0.1, -0.05) is 78.5 Å². The summed E-state index contributed by atoms with van der Waals surface area (Å²) in [6.45, 7) is 4.17. The molecule has 4 nitrogen and oxygen atoms in total. The number of nitrogens with zero attached hydrogens (tertiary/aromatic N) is 3.